The maximum Gasteiger partial charge on any atom is 0.407 e. The van der Waals surface area contributed by atoms with Crippen molar-refractivity contribution in [2.24, 2.45) is 5.73 Å². The van der Waals surface area contributed by atoms with Crippen LogP contribution in [-0.4, -0.2) is 37.2 Å². The fraction of sp³-hybridized carbons (Fsp3) is 0.240. The van der Waals surface area contributed by atoms with Gasteiger partial charge in [-0.1, -0.05) is 55.5 Å². The first kappa shape index (κ1) is 21.0. The highest BCUT2D eigenvalue weighted by Gasteiger charge is 2.30. The molecule has 3 heterocycles. The molecule has 4 N–H and O–H groups in total. The molecule has 0 fully saturated rings. The van der Waals surface area contributed by atoms with E-state index in [0.29, 0.717) is 25.6 Å². The molecule has 168 valence electrons. The number of nitrogens with two attached hydrogens (primary N) is 1. The normalized spacial score (nSPS) is 15.5. The molecule has 8 nitrogen and oxygen atoms in total. The van der Waals surface area contributed by atoms with Gasteiger partial charge in [-0.15, -0.1) is 0 Å². The number of nitrogens with zero attached hydrogens (tertiary/aromatic N) is 4. The molecule has 1 atom stereocenters. The Morgan fingerprint density at radius 1 is 1.15 bits per heavy atom. The highest BCUT2D eigenvalue weighted by Crippen LogP contribution is 2.34. The Kier molecular flexibility index (Phi) is 5.43. The fourth-order valence-corrected chi connectivity index (χ4v) is 4.57. The standard InChI is InChI=1S/C25H26N6O2/c1-16-14-30(25(32)33)15-20-22(16)23(27-13-17-7-3-2-4-8-17)29-24(28-20)31-19(12-26)11-18-9-5-6-10-21(18)31/h2-11,16H,12-15,26H2,1H3,(H,32,33)(H,27,28,29). The first-order valence-corrected chi connectivity index (χ1v) is 11.0. The van der Waals surface area contributed by atoms with Crippen molar-refractivity contribution in [3.05, 3.63) is 83.2 Å². The van der Waals surface area contributed by atoms with Gasteiger partial charge in [-0.2, -0.15) is 4.98 Å². The van der Waals surface area contributed by atoms with Gasteiger partial charge < -0.3 is 21.1 Å². The minimum absolute atomic E-state index is 0.0347. The number of nitrogens with one attached hydrogen (secondary N) is 1. The number of anilines is 1. The number of aromatic nitrogens is 3. The number of hydrogen-bond acceptors (Lipinski definition) is 5. The fourth-order valence-electron chi connectivity index (χ4n) is 4.57. The van der Waals surface area contributed by atoms with Gasteiger partial charge in [-0.3, -0.25) is 4.57 Å². The van der Waals surface area contributed by atoms with Gasteiger partial charge in [0.05, 0.1) is 17.8 Å². The summed E-state index contributed by atoms with van der Waals surface area (Å²) in [6.45, 7) is 3.59. The van der Waals surface area contributed by atoms with Gasteiger partial charge in [0.25, 0.3) is 0 Å². The van der Waals surface area contributed by atoms with E-state index in [2.05, 4.69) is 17.4 Å². The van der Waals surface area contributed by atoms with Crippen LogP contribution < -0.4 is 11.1 Å². The van der Waals surface area contributed by atoms with Gasteiger partial charge in [-0.25, -0.2) is 9.78 Å². The minimum Gasteiger partial charge on any atom is -0.465 e. The molecule has 0 spiro atoms. The molecule has 0 saturated heterocycles. The monoisotopic (exact) mass is 442 g/mol. The van der Waals surface area contributed by atoms with Crippen LogP contribution in [0.25, 0.3) is 16.9 Å². The Morgan fingerprint density at radius 2 is 1.91 bits per heavy atom. The Morgan fingerprint density at radius 3 is 2.67 bits per heavy atom. The van der Waals surface area contributed by atoms with Crippen LogP contribution in [0.3, 0.4) is 0 Å². The van der Waals surface area contributed by atoms with Gasteiger partial charge >= 0.3 is 6.09 Å². The first-order valence-electron chi connectivity index (χ1n) is 11.0. The summed E-state index contributed by atoms with van der Waals surface area (Å²) in [5.74, 6) is 1.19. The van der Waals surface area contributed by atoms with E-state index in [1.165, 1.54) is 4.90 Å². The van der Waals surface area contributed by atoms with Crippen molar-refractivity contribution in [2.45, 2.75) is 32.5 Å². The molecule has 0 saturated carbocycles. The van der Waals surface area contributed by atoms with Crippen LogP contribution in [0.5, 0.6) is 0 Å². The molecule has 5 rings (SSSR count). The van der Waals surface area contributed by atoms with Crippen LogP contribution in [0.4, 0.5) is 10.6 Å². The lowest BCUT2D eigenvalue weighted by Gasteiger charge is -2.32. The quantitative estimate of drug-likeness (QED) is 0.430. The summed E-state index contributed by atoms with van der Waals surface area (Å²) in [4.78, 5) is 23.0. The lowest BCUT2D eigenvalue weighted by Crippen LogP contribution is -2.38. The third-order valence-corrected chi connectivity index (χ3v) is 6.11. The van der Waals surface area contributed by atoms with Gasteiger partial charge in [0.15, 0.2) is 0 Å². The lowest BCUT2D eigenvalue weighted by molar-refractivity contribution is 0.135. The Labute approximate surface area is 191 Å². The van der Waals surface area contributed by atoms with Crippen molar-refractivity contribution in [3.63, 3.8) is 0 Å². The predicted molar refractivity (Wildman–Crippen MR) is 127 cm³/mol. The number of rotatable bonds is 5. The number of para-hydroxylation sites is 1. The number of fused-ring (bicyclic) bond motifs is 2. The molecule has 1 unspecified atom stereocenters. The van der Waals surface area contributed by atoms with Crippen LogP contribution in [-0.2, 0) is 19.6 Å². The third kappa shape index (κ3) is 3.89. The summed E-state index contributed by atoms with van der Waals surface area (Å²) >= 11 is 0. The van der Waals surface area contributed by atoms with Crippen LogP contribution in [0.1, 0.15) is 35.4 Å². The van der Waals surface area contributed by atoms with E-state index in [0.717, 1.165) is 39.2 Å². The zero-order valence-corrected chi connectivity index (χ0v) is 18.4. The van der Waals surface area contributed by atoms with Crippen molar-refractivity contribution >= 4 is 22.8 Å². The van der Waals surface area contributed by atoms with E-state index in [-0.39, 0.29) is 12.5 Å². The van der Waals surface area contributed by atoms with Crippen molar-refractivity contribution in [1.82, 2.24) is 19.4 Å². The Balaban J connectivity index is 1.65. The number of benzene rings is 2. The van der Waals surface area contributed by atoms with E-state index in [4.69, 9.17) is 15.7 Å². The molecule has 0 bridgehead atoms. The molecule has 1 amide bonds. The summed E-state index contributed by atoms with van der Waals surface area (Å²) < 4.78 is 1.97. The van der Waals surface area contributed by atoms with Crippen molar-refractivity contribution in [1.29, 1.82) is 0 Å². The van der Waals surface area contributed by atoms with Crippen molar-refractivity contribution < 1.29 is 9.90 Å². The molecular weight excluding hydrogens is 416 g/mol. The van der Waals surface area contributed by atoms with Gasteiger partial charge in [0.2, 0.25) is 5.95 Å². The second kappa shape index (κ2) is 8.55. The van der Waals surface area contributed by atoms with Gasteiger partial charge in [-0.05, 0) is 17.7 Å². The van der Waals surface area contributed by atoms with E-state index in [1.807, 2.05) is 60.0 Å². The number of carboxylic acid groups (broad SMARTS) is 1. The highest BCUT2D eigenvalue weighted by molar-refractivity contribution is 5.83. The molecule has 1 aliphatic rings. The zero-order chi connectivity index (χ0) is 22.9. The number of amides is 1. The maximum atomic E-state index is 11.7. The zero-order valence-electron chi connectivity index (χ0n) is 18.4. The maximum absolute atomic E-state index is 11.7. The Bertz CT molecular complexity index is 1320. The van der Waals surface area contributed by atoms with E-state index >= 15 is 0 Å². The second-order valence-electron chi connectivity index (χ2n) is 8.37. The first-order chi connectivity index (χ1) is 16.0. The number of hydrogen-bond donors (Lipinski definition) is 3. The van der Waals surface area contributed by atoms with Crippen molar-refractivity contribution in [3.8, 4) is 5.95 Å². The smallest absolute Gasteiger partial charge is 0.407 e. The van der Waals surface area contributed by atoms with Crippen LogP contribution in [0, 0.1) is 0 Å². The van der Waals surface area contributed by atoms with E-state index < -0.39 is 6.09 Å². The summed E-state index contributed by atoms with van der Waals surface area (Å²) in [5.41, 5.74) is 10.8. The second-order valence-corrected chi connectivity index (χ2v) is 8.37. The van der Waals surface area contributed by atoms with E-state index in [9.17, 15) is 9.90 Å². The molecule has 8 heteroatoms. The third-order valence-electron chi connectivity index (χ3n) is 6.11. The molecule has 2 aromatic heterocycles. The molecule has 0 aliphatic carbocycles. The SMILES string of the molecule is CC1CN(C(=O)O)Cc2nc(-n3c(CN)cc4ccccc43)nc(NCc3ccccc3)c21. The summed E-state index contributed by atoms with van der Waals surface area (Å²) in [7, 11) is 0. The highest BCUT2D eigenvalue weighted by atomic mass is 16.4. The Hall–Kier alpha value is -3.91. The van der Waals surface area contributed by atoms with Crippen LogP contribution in [0.15, 0.2) is 60.7 Å². The molecule has 0 radical (unpaired) electrons. The molecular formula is C25H26N6O2. The largest absolute Gasteiger partial charge is 0.465 e. The topological polar surface area (TPSA) is 109 Å². The summed E-state index contributed by atoms with van der Waals surface area (Å²) in [5, 5.41) is 14.2. The van der Waals surface area contributed by atoms with Gasteiger partial charge in [0, 0.05) is 42.2 Å². The predicted octanol–water partition coefficient (Wildman–Crippen LogP) is 4.09. The molecule has 33 heavy (non-hydrogen) atoms. The molecule has 1 aliphatic heterocycles. The number of carbonyl (C=O) groups is 1. The van der Waals surface area contributed by atoms with Crippen LogP contribution >= 0.6 is 0 Å². The summed E-state index contributed by atoms with van der Waals surface area (Å²) in [6, 6.07) is 20.2. The molecule has 2 aromatic carbocycles. The van der Waals surface area contributed by atoms with E-state index in [1.54, 1.807) is 0 Å². The summed E-state index contributed by atoms with van der Waals surface area (Å²) in [6.07, 6.45) is -0.944. The molecule has 4 aromatic rings. The average molecular weight is 443 g/mol. The average Bonchev–Trinajstić information content (AvgIpc) is 3.21. The van der Waals surface area contributed by atoms with Crippen LogP contribution in [0.2, 0.25) is 0 Å². The lowest BCUT2D eigenvalue weighted by atomic mass is 9.95. The van der Waals surface area contributed by atoms with Crippen molar-refractivity contribution in [2.75, 3.05) is 11.9 Å². The minimum atomic E-state index is -0.944. The van der Waals surface area contributed by atoms with Gasteiger partial charge in [0.1, 0.15) is 5.82 Å².